The summed E-state index contributed by atoms with van der Waals surface area (Å²) in [6, 6.07) is 9.58. The van der Waals surface area contributed by atoms with Crippen LogP contribution in [0.5, 0.6) is 0 Å². The molecule has 4 nitrogen and oxygen atoms in total. The summed E-state index contributed by atoms with van der Waals surface area (Å²) >= 11 is 0. The van der Waals surface area contributed by atoms with Crippen LogP contribution in [0.4, 0.5) is 0 Å². The van der Waals surface area contributed by atoms with Gasteiger partial charge in [0.1, 0.15) is 0 Å². The normalized spacial score (nSPS) is 10.9. The average Bonchev–Trinajstić information content (AvgIpc) is 2.61. The Hall–Kier alpha value is -1.84. The molecule has 2 rings (SSSR count). The number of hydrogen-bond donors (Lipinski definition) is 1. The fraction of sp³-hybridized carbons (Fsp3) is 0.273. The molecule has 0 aliphatic carbocycles. The molecule has 1 aromatic carbocycles. The number of aromatic nitrogens is 2. The molecule has 1 N–H and O–H groups in total. The number of benzene rings is 1. The topological polar surface area (TPSA) is 49.9 Å². The predicted molar refractivity (Wildman–Crippen MR) is 54.9 cm³/mol. The quantitative estimate of drug-likeness (QED) is 0.753. The van der Waals surface area contributed by atoms with E-state index < -0.39 is 0 Å². The van der Waals surface area contributed by atoms with E-state index in [1.807, 2.05) is 44.2 Å². The first-order chi connectivity index (χ1) is 7.20. The predicted octanol–water partition coefficient (Wildman–Crippen LogP) is 1.37. The van der Waals surface area contributed by atoms with Gasteiger partial charge in [-0.3, -0.25) is 4.52 Å². The standard InChI is InChI=1S/C11H12N2O2/c1-8(2)10-11(14)15-12-13(10)9-6-4-3-5-7-9/h3-8H,1-2H3/p+1. The molecule has 2 aromatic rings. The Morgan fingerprint density at radius 3 is 2.53 bits per heavy atom. The van der Waals surface area contributed by atoms with Crippen molar-refractivity contribution < 1.29 is 9.20 Å². The molecule has 0 atom stereocenters. The Bertz CT molecular complexity index is 497. The van der Waals surface area contributed by atoms with Gasteiger partial charge in [0.05, 0.1) is 0 Å². The summed E-state index contributed by atoms with van der Waals surface area (Å²) in [7, 11) is 0. The van der Waals surface area contributed by atoms with Gasteiger partial charge in [-0.2, -0.15) is 0 Å². The van der Waals surface area contributed by atoms with Gasteiger partial charge in [-0.15, -0.1) is 0 Å². The number of rotatable bonds is 2. The fourth-order valence-electron chi connectivity index (χ4n) is 1.54. The van der Waals surface area contributed by atoms with E-state index in [0.717, 1.165) is 5.69 Å². The van der Waals surface area contributed by atoms with Gasteiger partial charge in [-0.1, -0.05) is 32.0 Å². The first-order valence-electron chi connectivity index (χ1n) is 4.89. The van der Waals surface area contributed by atoms with Crippen LogP contribution in [-0.4, -0.2) is 5.27 Å². The second kappa shape index (κ2) is 3.73. The van der Waals surface area contributed by atoms with E-state index >= 15 is 0 Å². The van der Waals surface area contributed by atoms with Crippen molar-refractivity contribution in [3.63, 3.8) is 0 Å². The van der Waals surface area contributed by atoms with Crippen LogP contribution in [0.2, 0.25) is 0 Å². The van der Waals surface area contributed by atoms with Crippen LogP contribution in [0.1, 0.15) is 25.5 Å². The summed E-state index contributed by atoms with van der Waals surface area (Å²) in [5.74, 6) is 0.118. The Labute approximate surface area is 87.1 Å². The van der Waals surface area contributed by atoms with Gasteiger partial charge in [0.2, 0.25) is 5.69 Å². The lowest BCUT2D eigenvalue weighted by Gasteiger charge is -1.95. The molecule has 0 fully saturated rings. The third-order valence-electron chi connectivity index (χ3n) is 2.24. The van der Waals surface area contributed by atoms with Crippen molar-refractivity contribution >= 4 is 0 Å². The second-order valence-electron chi connectivity index (χ2n) is 3.69. The van der Waals surface area contributed by atoms with E-state index in [0.29, 0.717) is 5.69 Å². The van der Waals surface area contributed by atoms with E-state index in [4.69, 9.17) is 4.52 Å². The molecular weight excluding hydrogens is 192 g/mol. The number of para-hydroxylation sites is 1. The van der Waals surface area contributed by atoms with E-state index in [2.05, 4.69) is 5.27 Å². The zero-order valence-corrected chi connectivity index (χ0v) is 8.73. The summed E-state index contributed by atoms with van der Waals surface area (Å²) in [6.45, 7) is 3.92. The zero-order valence-electron chi connectivity index (χ0n) is 8.73. The number of hydrogen-bond acceptors (Lipinski definition) is 2. The summed E-state index contributed by atoms with van der Waals surface area (Å²) in [5, 5.41) is 2.60. The fourth-order valence-corrected chi connectivity index (χ4v) is 1.54. The third kappa shape index (κ3) is 1.70. The molecule has 15 heavy (non-hydrogen) atoms. The Morgan fingerprint density at radius 1 is 1.27 bits per heavy atom. The number of nitrogens with one attached hydrogen (secondary N) is 1. The van der Waals surface area contributed by atoms with E-state index in [-0.39, 0.29) is 11.5 Å². The highest BCUT2D eigenvalue weighted by Crippen LogP contribution is 2.06. The van der Waals surface area contributed by atoms with Gasteiger partial charge < -0.3 is 0 Å². The summed E-state index contributed by atoms with van der Waals surface area (Å²) in [5.41, 5.74) is 1.21. The maximum Gasteiger partial charge on any atom is 0.430 e. The van der Waals surface area contributed by atoms with E-state index in [1.54, 1.807) is 4.68 Å². The van der Waals surface area contributed by atoms with Crippen LogP contribution in [0, 0.1) is 0 Å². The number of H-pyrrole nitrogens is 1. The van der Waals surface area contributed by atoms with Crippen molar-refractivity contribution in [2.75, 3.05) is 0 Å². The second-order valence-corrected chi connectivity index (χ2v) is 3.69. The SMILES string of the molecule is CC(C)c1c(=O)o[nH][n+]1-c1ccccc1. The summed E-state index contributed by atoms with van der Waals surface area (Å²) in [6.07, 6.45) is 0. The molecule has 0 saturated carbocycles. The maximum absolute atomic E-state index is 11.4. The molecule has 0 bridgehead atoms. The van der Waals surface area contributed by atoms with Crippen LogP contribution in [-0.2, 0) is 0 Å². The molecule has 1 heterocycles. The molecule has 0 aliphatic heterocycles. The van der Waals surface area contributed by atoms with Gasteiger partial charge in [-0.25, -0.2) is 4.79 Å². The molecule has 4 heteroatoms. The third-order valence-corrected chi connectivity index (χ3v) is 2.24. The largest absolute Gasteiger partial charge is 0.430 e. The lowest BCUT2D eigenvalue weighted by molar-refractivity contribution is -0.678. The van der Waals surface area contributed by atoms with Crippen molar-refractivity contribution in [2.45, 2.75) is 19.8 Å². The minimum Gasteiger partial charge on any atom is -0.283 e. The summed E-state index contributed by atoms with van der Waals surface area (Å²) in [4.78, 5) is 11.4. The monoisotopic (exact) mass is 205 g/mol. The Balaban J connectivity index is 2.59. The van der Waals surface area contributed by atoms with Crippen molar-refractivity contribution in [1.29, 1.82) is 0 Å². The lowest BCUT2D eigenvalue weighted by atomic mass is 10.1. The first-order valence-corrected chi connectivity index (χ1v) is 4.89. The van der Waals surface area contributed by atoms with E-state index in [1.165, 1.54) is 0 Å². The molecular formula is C11H13N2O2+. The number of nitrogens with zero attached hydrogens (tertiary/aromatic N) is 1. The Kier molecular flexibility index (Phi) is 2.41. The highest BCUT2D eigenvalue weighted by molar-refractivity contribution is 5.21. The minimum atomic E-state index is -0.311. The molecule has 0 aliphatic rings. The van der Waals surface area contributed by atoms with Crippen LogP contribution >= 0.6 is 0 Å². The van der Waals surface area contributed by atoms with Gasteiger partial charge in [-0.05, 0) is 9.95 Å². The van der Waals surface area contributed by atoms with Crippen molar-refractivity contribution in [2.24, 2.45) is 0 Å². The van der Waals surface area contributed by atoms with Gasteiger partial charge >= 0.3 is 11.3 Å². The Morgan fingerprint density at radius 2 is 1.93 bits per heavy atom. The molecule has 0 amide bonds. The van der Waals surface area contributed by atoms with E-state index in [9.17, 15) is 4.79 Å². The smallest absolute Gasteiger partial charge is 0.283 e. The first kappa shape index (κ1) is 9.71. The molecule has 0 saturated heterocycles. The highest BCUT2D eigenvalue weighted by Gasteiger charge is 2.25. The lowest BCUT2D eigenvalue weighted by Crippen LogP contribution is -2.39. The molecule has 0 unspecified atom stereocenters. The highest BCUT2D eigenvalue weighted by atomic mass is 16.5. The van der Waals surface area contributed by atoms with Crippen LogP contribution < -0.4 is 10.3 Å². The van der Waals surface area contributed by atoms with Crippen molar-refractivity contribution in [3.8, 4) is 5.69 Å². The zero-order chi connectivity index (χ0) is 10.8. The average molecular weight is 205 g/mol. The van der Waals surface area contributed by atoms with Crippen LogP contribution in [0.25, 0.3) is 5.69 Å². The van der Waals surface area contributed by atoms with Gasteiger partial charge in [0.15, 0.2) is 0 Å². The van der Waals surface area contributed by atoms with Crippen LogP contribution in [0.15, 0.2) is 39.6 Å². The summed E-state index contributed by atoms with van der Waals surface area (Å²) < 4.78 is 6.47. The van der Waals surface area contributed by atoms with Crippen LogP contribution in [0.3, 0.4) is 0 Å². The molecule has 78 valence electrons. The van der Waals surface area contributed by atoms with Gasteiger partial charge in [0.25, 0.3) is 0 Å². The van der Waals surface area contributed by atoms with Crippen molar-refractivity contribution in [1.82, 2.24) is 5.27 Å². The minimum absolute atomic E-state index is 0.118. The molecule has 0 spiro atoms. The molecule has 1 aromatic heterocycles. The maximum atomic E-state index is 11.4. The number of aromatic amines is 1. The van der Waals surface area contributed by atoms with Crippen molar-refractivity contribution in [3.05, 3.63) is 46.4 Å². The van der Waals surface area contributed by atoms with Gasteiger partial charge in [0, 0.05) is 18.1 Å². The molecule has 0 radical (unpaired) electrons.